The predicted molar refractivity (Wildman–Crippen MR) is 128 cm³/mol. The highest BCUT2D eigenvalue weighted by Crippen LogP contribution is 2.20. The summed E-state index contributed by atoms with van der Waals surface area (Å²) in [5.41, 5.74) is 5.04. The summed E-state index contributed by atoms with van der Waals surface area (Å²) in [4.78, 5) is 24.9. The molecule has 7 nitrogen and oxygen atoms in total. The molecule has 3 N–H and O–H groups in total. The fourth-order valence-corrected chi connectivity index (χ4v) is 3.63. The molecular weight excluding hydrogens is 416 g/mol. The molecule has 2 aromatic heterocycles. The van der Waals surface area contributed by atoms with Crippen LogP contribution < -0.4 is 16.0 Å². The van der Waals surface area contributed by atoms with Crippen molar-refractivity contribution in [1.82, 2.24) is 9.88 Å². The van der Waals surface area contributed by atoms with Gasteiger partial charge in [0.25, 0.3) is 5.91 Å². The van der Waals surface area contributed by atoms with Crippen molar-refractivity contribution in [1.29, 1.82) is 0 Å². The molecule has 33 heavy (non-hydrogen) atoms. The number of aromatic nitrogens is 1. The molecule has 0 aliphatic carbocycles. The topological polar surface area (TPSA) is 88.3 Å². The number of nitrogens with zero attached hydrogens (tertiary/aromatic N) is 1. The fourth-order valence-electron chi connectivity index (χ4n) is 3.63. The van der Waals surface area contributed by atoms with Gasteiger partial charge in [-0.05, 0) is 61.9 Å². The van der Waals surface area contributed by atoms with Crippen LogP contribution in [0, 0.1) is 13.8 Å². The quantitative estimate of drug-likeness (QED) is 0.362. The van der Waals surface area contributed by atoms with Gasteiger partial charge in [-0.3, -0.25) is 4.79 Å². The summed E-state index contributed by atoms with van der Waals surface area (Å²) in [7, 11) is 0. The Labute approximate surface area is 192 Å². The molecule has 0 unspecified atom stereocenters. The lowest BCUT2D eigenvalue weighted by molar-refractivity contribution is 0.102. The first-order chi connectivity index (χ1) is 16.0. The first-order valence-electron chi connectivity index (χ1n) is 10.7. The van der Waals surface area contributed by atoms with Gasteiger partial charge >= 0.3 is 6.03 Å². The standard InChI is InChI=1S/C26H26N4O3/c1-18-15-24(19(2)30(18)17-20-7-4-3-5-8-20)25(31)28-21-10-12-22(13-11-21)29-26(32)27-16-23-9-6-14-33-23/h3-15H,16-17H2,1-2H3,(H,28,31)(H2,27,29,32). The van der Waals surface area contributed by atoms with E-state index >= 15 is 0 Å². The summed E-state index contributed by atoms with van der Waals surface area (Å²) in [6.45, 7) is 4.98. The Morgan fingerprint density at radius 2 is 1.58 bits per heavy atom. The van der Waals surface area contributed by atoms with Crippen LogP contribution in [0.15, 0.2) is 83.5 Å². The van der Waals surface area contributed by atoms with Gasteiger partial charge < -0.3 is 24.9 Å². The van der Waals surface area contributed by atoms with Crippen molar-refractivity contribution in [2.24, 2.45) is 0 Å². The van der Waals surface area contributed by atoms with E-state index in [9.17, 15) is 9.59 Å². The Kier molecular flexibility index (Phi) is 6.59. The lowest BCUT2D eigenvalue weighted by atomic mass is 10.2. The Hall–Kier alpha value is -4.26. The first-order valence-corrected chi connectivity index (χ1v) is 10.7. The maximum absolute atomic E-state index is 12.9. The number of nitrogens with one attached hydrogen (secondary N) is 3. The van der Waals surface area contributed by atoms with E-state index < -0.39 is 0 Å². The fraction of sp³-hybridized carbons (Fsp3) is 0.154. The van der Waals surface area contributed by atoms with E-state index in [0.717, 1.165) is 11.4 Å². The van der Waals surface area contributed by atoms with Crippen molar-refractivity contribution in [3.05, 3.63) is 107 Å². The molecule has 2 heterocycles. The van der Waals surface area contributed by atoms with Crippen LogP contribution in [0.3, 0.4) is 0 Å². The van der Waals surface area contributed by atoms with Crippen LogP contribution in [0.25, 0.3) is 0 Å². The third kappa shape index (κ3) is 5.51. The minimum atomic E-state index is -0.339. The molecule has 0 saturated carbocycles. The smallest absolute Gasteiger partial charge is 0.319 e. The minimum Gasteiger partial charge on any atom is -0.467 e. The SMILES string of the molecule is Cc1cc(C(=O)Nc2ccc(NC(=O)NCc3ccco3)cc2)c(C)n1Cc1ccccc1. The number of urea groups is 1. The van der Waals surface area contributed by atoms with Crippen LogP contribution in [0.5, 0.6) is 0 Å². The monoisotopic (exact) mass is 442 g/mol. The van der Waals surface area contributed by atoms with E-state index in [1.54, 1.807) is 42.7 Å². The zero-order valence-corrected chi connectivity index (χ0v) is 18.6. The molecule has 168 valence electrons. The maximum atomic E-state index is 12.9. The number of aryl methyl sites for hydroxylation is 1. The normalized spacial score (nSPS) is 10.6. The van der Waals surface area contributed by atoms with Gasteiger partial charge in [0, 0.05) is 29.3 Å². The molecule has 2 aromatic carbocycles. The average molecular weight is 443 g/mol. The van der Waals surface area contributed by atoms with Gasteiger partial charge in [-0.15, -0.1) is 0 Å². The van der Waals surface area contributed by atoms with Crippen LogP contribution in [0.4, 0.5) is 16.2 Å². The summed E-state index contributed by atoms with van der Waals surface area (Å²) < 4.78 is 7.32. The van der Waals surface area contributed by atoms with Crippen molar-refractivity contribution < 1.29 is 14.0 Å². The van der Waals surface area contributed by atoms with Crippen LogP contribution in [0.1, 0.15) is 33.1 Å². The average Bonchev–Trinajstić information content (AvgIpc) is 3.44. The van der Waals surface area contributed by atoms with E-state index in [-0.39, 0.29) is 11.9 Å². The molecule has 0 aliphatic rings. The summed E-state index contributed by atoms with van der Waals surface area (Å²) in [6.07, 6.45) is 1.56. The molecule has 0 aliphatic heterocycles. The largest absolute Gasteiger partial charge is 0.467 e. The van der Waals surface area contributed by atoms with Gasteiger partial charge in [-0.1, -0.05) is 30.3 Å². The van der Waals surface area contributed by atoms with Crippen LogP contribution in [-0.4, -0.2) is 16.5 Å². The maximum Gasteiger partial charge on any atom is 0.319 e. The summed E-state index contributed by atoms with van der Waals surface area (Å²) in [5, 5.41) is 8.40. The molecule has 4 aromatic rings. The Balaban J connectivity index is 1.35. The number of amides is 3. The highest BCUT2D eigenvalue weighted by Gasteiger charge is 2.16. The van der Waals surface area contributed by atoms with Crippen molar-refractivity contribution in [2.45, 2.75) is 26.9 Å². The van der Waals surface area contributed by atoms with Gasteiger partial charge in [0.05, 0.1) is 18.4 Å². The molecule has 0 spiro atoms. The molecule has 3 amide bonds. The second-order valence-electron chi connectivity index (χ2n) is 7.78. The van der Waals surface area contributed by atoms with Gasteiger partial charge in [0.2, 0.25) is 0 Å². The summed E-state index contributed by atoms with van der Waals surface area (Å²) in [5.74, 6) is 0.505. The van der Waals surface area contributed by atoms with Crippen molar-refractivity contribution >= 4 is 23.3 Å². The number of carbonyl (C=O) groups excluding carboxylic acids is 2. The van der Waals surface area contributed by atoms with Crippen molar-refractivity contribution in [3.8, 4) is 0 Å². The Morgan fingerprint density at radius 3 is 2.24 bits per heavy atom. The molecule has 0 bridgehead atoms. The Bertz CT molecular complexity index is 1230. The number of hydrogen-bond acceptors (Lipinski definition) is 3. The molecule has 7 heteroatoms. The number of carbonyl (C=O) groups is 2. The highest BCUT2D eigenvalue weighted by molar-refractivity contribution is 6.05. The number of hydrogen-bond donors (Lipinski definition) is 3. The third-order valence-corrected chi connectivity index (χ3v) is 5.41. The van der Waals surface area contributed by atoms with Gasteiger partial charge in [0.15, 0.2) is 0 Å². The third-order valence-electron chi connectivity index (χ3n) is 5.41. The van der Waals surface area contributed by atoms with E-state index in [1.165, 1.54) is 5.56 Å². The lowest BCUT2D eigenvalue weighted by Crippen LogP contribution is -2.27. The number of anilines is 2. The summed E-state index contributed by atoms with van der Waals surface area (Å²) in [6, 6.07) is 22.3. The molecular formula is C26H26N4O3. The number of furan rings is 1. The van der Waals surface area contributed by atoms with E-state index in [2.05, 4.69) is 32.7 Å². The van der Waals surface area contributed by atoms with Crippen molar-refractivity contribution in [3.63, 3.8) is 0 Å². The molecule has 4 rings (SSSR count). The van der Waals surface area contributed by atoms with Crippen LogP contribution >= 0.6 is 0 Å². The number of rotatable bonds is 7. The minimum absolute atomic E-state index is 0.167. The highest BCUT2D eigenvalue weighted by atomic mass is 16.3. The van der Waals surface area contributed by atoms with Gasteiger partial charge in [0.1, 0.15) is 5.76 Å². The van der Waals surface area contributed by atoms with Crippen molar-refractivity contribution in [2.75, 3.05) is 10.6 Å². The lowest BCUT2D eigenvalue weighted by Gasteiger charge is -2.11. The predicted octanol–water partition coefficient (Wildman–Crippen LogP) is 5.32. The van der Waals surface area contributed by atoms with E-state index in [1.807, 2.05) is 38.1 Å². The van der Waals surface area contributed by atoms with Gasteiger partial charge in [-0.25, -0.2) is 4.79 Å². The summed E-state index contributed by atoms with van der Waals surface area (Å²) >= 11 is 0. The van der Waals surface area contributed by atoms with Crippen LogP contribution in [-0.2, 0) is 13.1 Å². The second kappa shape index (κ2) is 9.91. The van der Waals surface area contributed by atoms with E-state index in [0.29, 0.717) is 35.8 Å². The molecule has 0 saturated heterocycles. The molecule has 0 atom stereocenters. The van der Waals surface area contributed by atoms with Crippen LogP contribution in [0.2, 0.25) is 0 Å². The molecule has 0 fully saturated rings. The second-order valence-corrected chi connectivity index (χ2v) is 7.78. The first kappa shape index (κ1) is 22.0. The van der Waals surface area contributed by atoms with Gasteiger partial charge in [-0.2, -0.15) is 0 Å². The zero-order valence-electron chi connectivity index (χ0n) is 18.6. The number of benzene rings is 2. The molecule has 0 radical (unpaired) electrons. The van der Waals surface area contributed by atoms with E-state index in [4.69, 9.17) is 4.42 Å². The zero-order chi connectivity index (χ0) is 23.2. The Morgan fingerprint density at radius 1 is 0.879 bits per heavy atom.